The van der Waals surface area contributed by atoms with Gasteiger partial charge in [-0.05, 0) is 76.2 Å². The van der Waals surface area contributed by atoms with E-state index in [1.165, 1.54) is 64.2 Å². The van der Waals surface area contributed by atoms with Gasteiger partial charge in [0, 0.05) is 11.6 Å². The Hall–Kier alpha value is -0.570. The average Bonchev–Trinajstić information content (AvgIpc) is 2.89. The Bertz CT molecular complexity index is 378. The zero-order valence-electron chi connectivity index (χ0n) is 13.4. The molecule has 1 amide bonds. The molecule has 0 radical (unpaired) electrons. The quantitative estimate of drug-likeness (QED) is 0.863. The van der Waals surface area contributed by atoms with E-state index in [0.717, 1.165) is 17.8 Å². The second-order valence-corrected chi connectivity index (χ2v) is 8.55. The molecule has 0 atom stereocenters. The molecule has 118 valence electrons. The standard InChI is InChI=1S/C18H30N2O/c1-20(12-17(21)19-16-4-2-3-5-16)18-9-13-6-14(10-18)8-15(7-13)11-18/h13-16H,2-12H2,1H3,(H,19,21). The van der Waals surface area contributed by atoms with Crippen LogP contribution < -0.4 is 5.32 Å². The Morgan fingerprint density at radius 1 is 1.05 bits per heavy atom. The fourth-order valence-corrected chi connectivity index (χ4v) is 6.26. The summed E-state index contributed by atoms with van der Waals surface area (Å²) in [4.78, 5) is 14.8. The van der Waals surface area contributed by atoms with Gasteiger partial charge in [0.05, 0.1) is 6.54 Å². The number of amides is 1. The molecule has 0 heterocycles. The van der Waals surface area contributed by atoms with Crippen molar-refractivity contribution < 1.29 is 4.79 Å². The number of carbonyl (C=O) groups excluding carboxylic acids is 1. The zero-order valence-corrected chi connectivity index (χ0v) is 13.4. The Labute approximate surface area is 128 Å². The van der Waals surface area contributed by atoms with Crippen LogP contribution in [0.15, 0.2) is 0 Å². The molecule has 4 bridgehead atoms. The summed E-state index contributed by atoms with van der Waals surface area (Å²) in [7, 11) is 2.21. The van der Waals surface area contributed by atoms with E-state index in [9.17, 15) is 4.79 Å². The van der Waals surface area contributed by atoms with Gasteiger partial charge in [-0.25, -0.2) is 0 Å². The number of hydrogen-bond acceptors (Lipinski definition) is 2. The smallest absolute Gasteiger partial charge is 0.234 e. The molecule has 1 N–H and O–H groups in total. The number of carbonyl (C=O) groups is 1. The van der Waals surface area contributed by atoms with Crippen molar-refractivity contribution in [3.8, 4) is 0 Å². The summed E-state index contributed by atoms with van der Waals surface area (Å²) in [5.41, 5.74) is 0.363. The lowest BCUT2D eigenvalue weighted by Gasteiger charge is -2.59. The Morgan fingerprint density at radius 2 is 1.57 bits per heavy atom. The van der Waals surface area contributed by atoms with Crippen LogP contribution in [0.1, 0.15) is 64.2 Å². The molecule has 0 spiro atoms. The molecule has 5 fully saturated rings. The molecule has 5 aliphatic rings. The van der Waals surface area contributed by atoms with Crippen LogP contribution in [0.5, 0.6) is 0 Å². The normalized spacial score (nSPS) is 41.9. The van der Waals surface area contributed by atoms with Gasteiger partial charge in [-0.3, -0.25) is 9.69 Å². The summed E-state index contributed by atoms with van der Waals surface area (Å²) < 4.78 is 0. The van der Waals surface area contributed by atoms with Gasteiger partial charge in [0.1, 0.15) is 0 Å². The van der Waals surface area contributed by atoms with Crippen LogP contribution in [-0.4, -0.2) is 36.0 Å². The molecule has 0 aliphatic heterocycles. The molecule has 0 unspecified atom stereocenters. The van der Waals surface area contributed by atoms with Crippen LogP contribution in [0.3, 0.4) is 0 Å². The fourth-order valence-electron chi connectivity index (χ4n) is 6.26. The largest absolute Gasteiger partial charge is 0.352 e. The summed E-state index contributed by atoms with van der Waals surface area (Å²) >= 11 is 0. The van der Waals surface area contributed by atoms with Crippen molar-refractivity contribution >= 4 is 5.91 Å². The first-order valence-electron chi connectivity index (χ1n) is 9.13. The summed E-state index contributed by atoms with van der Waals surface area (Å²) in [6.07, 6.45) is 13.4. The van der Waals surface area contributed by atoms with Gasteiger partial charge in [-0.15, -0.1) is 0 Å². The summed E-state index contributed by atoms with van der Waals surface area (Å²) in [6, 6.07) is 0.460. The molecule has 0 aromatic rings. The predicted molar refractivity (Wildman–Crippen MR) is 83.9 cm³/mol. The SMILES string of the molecule is CN(CC(=O)NC1CCCC1)C12CC3CC(CC(C3)C1)C2. The molecule has 5 aliphatic carbocycles. The minimum Gasteiger partial charge on any atom is -0.352 e. The van der Waals surface area contributed by atoms with Crippen molar-refractivity contribution in [2.45, 2.75) is 75.8 Å². The third-order valence-electron chi connectivity index (χ3n) is 6.92. The lowest BCUT2D eigenvalue weighted by molar-refractivity contribution is -0.129. The zero-order chi connectivity index (χ0) is 14.4. The maximum atomic E-state index is 12.3. The molecule has 5 rings (SSSR count). The average molecular weight is 290 g/mol. The van der Waals surface area contributed by atoms with E-state index in [0.29, 0.717) is 18.1 Å². The summed E-state index contributed by atoms with van der Waals surface area (Å²) in [5.74, 6) is 3.13. The number of nitrogens with zero attached hydrogens (tertiary/aromatic N) is 1. The van der Waals surface area contributed by atoms with E-state index in [1.54, 1.807) is 0 Å². The lowest BCUT2D eigenvalue weighted by Crippen LogP contribution is -2.60. The van der Waals surface area contributed by atoms with Crippen LogP contribution in [0.25, 0.3) is 0 Å². The number of likely N-dealkylation sites (N-methyl/N-ethyl adjacent to an activating group) is 1. The van der Waals surface area contributed by atoms with Gasteiger partial charge >= 0.3 is 0 Å². The first-order chi connectivity index (χ1) is 10.1. The van der Waals surface area contributed by atoms with Gasteiger partial charge in [-0.1, -0.05) is 12.8 Å². The first kappa shape index (κ1) is 14.0. The third-order valence-corrected chi connectivity index (χ3v) is 6.92. The maximum Gasteiger partial charge on any atom is 0.234 e. The van der Waals surface area contributed by atoms with Crippen molar-refractivity contribution in [2.75, 3.05) is 13.6 Å². The van der Waals surface area contributed by atoms with Crippen molar-refractivity contribution in [2.24, 2.45) is 17.8 Å². The van der Waals surface area contributed by atoms with Crippen LogP contribution >= 0.6 is 0 Å². The molecule has 0 aromatic carbocycles. The van der Waals surface area contributed by atoms with E-state index in [-0.39, 0.29) is 5.91 Å². The van der Waals surface area contributed by atoms with Crippen LogP contribution in [0.2, 0.25) is 0 Å². The Balaban J connectivity index is 1.38. The van der Waals surface area contributed by atoms with E-state index in [2.05, 4.69) is 17.3 Å². The van der Waals surface area contributed by atoms with E-state index >= 15 is 0 Å². The van der Waals surface area contributed by atoms with Gasteiger partial charge in [0.15, 0.2) is 0 Å². The predicted octanol–water partition coefficient (Wildman–Crippen LogP) is 2.95. The molecular weight excluding hydrogens is 260 g/mol. The van der Waals surface area contributed by atoms with Gasteiger partial charge in [0.2, 0.25) is 5.91 Å². The minimum atomic E-state index is 0.264. The van der Waals surface area contributed by atoms with Crippen molar-refractivity contribution in [1.82, 2.24) is 10.2 Å². The molecular formula is C18H30N2O. The number of nitrogens with one attached hydrogen (secondary N) is 1. The van der Waals surface area contributed by atoms with E-state index < -0.39 is 0 Å². The highest BCUT2D eigenvalue weighted by Crippen LogP contribution is 2.57. The summed E-state index contributed by atoms with van der Waals surface area (Å²) in [5, 5.41) is 3.26. The molecule has 3 heteroatoms. The third kappa shape index (κ3) is 2.62. The number of hydrogen-bond donors (Lipinski definition) is 1. The highest BCUT2D eigenvalue weighted by molar-refractivity contribution is 5.78. The Morgan fingerprint density at radius 3 is 2.10 bits per heavy atom. The van der Waals surface area contributed by atoms with Crippen LogP contribution in [-0.2, 0) is 4.79 Å². The first-order valence-corrected chi connectivity index (χ1v) is 9.13. The summed E-state index contributed by atoms with van der Waals surface area (Å²) in [6.45, 7) is 0.614. The topological polar surface area (TPSA) is 32.3 Å². The monoisotopic (exact) mass is 290 g/mol. The fraction of sp³-hybridized carbons (Fsp3) is 0.944. The van der Waals surface area contributed by atoms with Gasteiger partial charge < -0.3 is 5.32 Å². The highest BCUT2D eigenvalue weighted by atomic mass is 16.2. The second kappa shape index (κ2) is 5.26. The van der Waals surface area contributed by atoms with E-state index in [4.69, 9.17) is 0 Å². The van der Waals surface area contributed by atoms with Crippen LogP contribution in [0, 0.1) is 17.8 Å². The Kier molecular flexibility index (Phi) is 3.52. The molecule has 0 aromatic heterocycles. The van der Waals surface area contributed by atoms with Crippen LogP contribution in [0.4, 0.5) is 0 Å². The highest BCUT2D eigenvalue weighted by Gasteiger charge is 2.52. The van der Waals surface area contributed by atoms with Crippen molar-refractivity contribution in [1.29, 1.82) is 0 Å². The molecule has 3 nitrogen and oxygen atoms in total. The minimum absolute atomic E-state index is 0.264. The number of rotatable bonds is 4. The maximum absolute atomic E-state index is 12.3. The second-order valence-electron chi connectivity index (χ2n) is 8.55. The molecule has 5 saturated carbocycles. The van der Waals surface area contributed by atoms with Crippen molar-refractivity contribution in [3.63, 3.8) is 0 Å². The van der Waals surface area contributed by atoms with E-state index in [1.807, 2.05) is 0 Å². The lowest BCUT2D eigenvalue weighted by atomic mass is 9.52. The molecule has 21 heavy (non-hydrogen) atoms. The molecule has 0 saturated heterocycles. The van der Waals surface area contributed by atoms with Gasteiger partial charge in [0.25, 0.3) is 0 Å². The van der Waals surface area contributed by atoms with Crippen molar-refractivity contribution in [3.05, 3.63) is 0 Å². The van der Waals surface area contributed by atoms with Gasteiger partial charge in [-0.2, -0.15) is 0 Å².